The number of carbonyl (C=O) groups is 1. The van der Waals surface area contributed by atoms with E-state index in [0.29, 0.717) is 11.4 Å². The fourth-order valence-electron chi connectivity index (χ4n) is 3.16. The summed E-state index contributed by atoms with van der Waals surface area (Å²) in [4.78, 5) is 14.7. The molecule has 2 aromatic carbocycles. The number of methoxy groups -OCH3 is 1. The van der Waals surface area contributed by atoms with Gasteiger partial charge in [-0.2, -0.15) is 0 Å². The number of benzene rings is 2. The molecule has 1 aliphatic rings. The highest BCUT2D eigenvalue weighted by molar-refractivity contribution is 6.30. The van der Waals surface area contributed by atoms with Gasteiger partial charge in [0.15, 0.2) is 0 Å². The van der Waals surface area contributed by atoms with Crippen molar-refractivity contribution in [3.63, 3.8) is 0 Å². The standard InChI is InChI=1S/C19H20ClNO2/c1-23-17-9-7-15(8-10-17)18-6-3-11-21(18)19(22)13-14-4-2-5-16(20)12-14/h2,4-5,7-10,12,18H,3,6,11,13H2,1H3/t18-/m1/s1. The number of nitrogens with zero attached hydrogens (tertiary/aromatic N) is 1. The van der Waals surface area contributed by atoms with Crippen LogP contribution in [-0.4, -0.2) is 24.5 Å². The summed E-state index contributed by atoms with van der Waals surface area (Å²) >= 11 is 6.00. The van der Waals surface area contributed by atoms with Crippen LogP contribution < -0.4 is 4.74 Å². The molecule has 0 unspecified atom stereocenters. The van der Waals surface area contributed by atoms with E-state index in [9.17, 15) is 4.79 Å². The van der Waals surface area contributed by atoms with Gasteiger partial charge in [-0.25, -0.2) is 0 Å². The lowest BCUT2D eigenvalue weighted by molar-refractivity contribution is -0.131. The zero-order valence-electron chi connectivity index (χ0n) is 13.2. The van der Waals surface area contributed by atoms with Crippen LogP contribution in [0.15, 0.2) is 48.5 Å². The second-order valence-corrected chi connectivity index (χ2v) is 6.26. The number of rotatable bonds is 4. The van der Waals surface area contributed by atoms with Gasteiger partial charge >= 0.3 is 0 Å². The van der Waals surface area contributed by atoms with Crippen molar-refractivity contribution in [1.82, 2.24) is 4.90 Å². The molecule has 0 radical (unpaired) electrons. The average Bonchev–Trinajstić information content (AvgIpc) is 3.05. The lowest BCUT2D eigenvalue weighted by Gasteiger charge is -2.25. The topological polar surface area (TPSA) is 29.5 Å². The van der Waals surface area contributed by atoms with Gasteiger partial charge in [0.2, 0.25) is 5.91 Å². The third kappa shape index (κ3) is 3.67. The molecule has 1 aliphatic heterocycles. The Balaban J connectivity index is 1.73. The Labute approximate surface area is 141 Å². The SMILES string of the molecule is COc1ccc([C@H]2CCCN2C(=O)Cc2cccc(Cl)c2)cc1. The molecule has 0 saturated carbocycles. The van der Waals surface area contributed by atoms with Crippen LogP contribution in [0.3, 0.4) is 0 Å². The number of halogens is 1. The molecular weight excluding hydrogens is 310 g/mol. The number of carbonyl (C=O) groups excluding carboxylic acids is 1. The number of ether oxygens (including phenoxy) is 1. The summed E-state index contributed by atoms with van der Waals surface area (Å²) in [5, 5.41) is 0.670. The summed E-state index contributed by atoms with van der Waals surface area (Å²) in [6, 6.07) is 15.7. The molecule has 1 atom stereocenters. The van der Waals surface area contributed by atoms with Crippen molar-refractivity contribution in [2.45, 2.75) is 25.3 Å². The van der Waals surface area contributed by atoms with E-state index in [2.05, 4.69) is 12.1 Å². The van der Waals surface area contributed by atoms with E-state index in [1.54, 1.807) is 7.11 Å². The molecule has 23 heavy (non-hydrogen) atoms. The van der Waals surface area contributed by atoms with Gasteiger partial charge in [-0.1, -0.05) is 35.9 Å². The van der Waals surface area contributed by atoms with E-state index >= 15 is 0 Å². The highest BCUT2D eigenvalue weighted by Gasteiger charge is 2.29. The van der Waals surface area contributed by atoms with Gasteiger partial charge in [-0.15, -0.1) is 0 Å². The normalized spacial score (nSPS) is 17.3. The van der Waals surface area contributed by atoms with Crippen molar-refractivity contribution in [2.24, 2.45) is 0 Å². The highest BCUT2D eigenvalue weighted by Crippen LogP contribution is 2.33. The Hall–Kier alpha value is -2.00. The molecule has 0 aliphatic carbocycles. The Morgan fingerprint density at radius 1 is 1.26 bits per heavy atom. The van der Waals surface area contributed by atoms with Gasteiger partial charge in [0.05, 0.1) is 19.6 Å². The van der Waals surface area contributed by atoms with E-state index in [-0.39, 0.29) is 11.9 Å². The minimum atomic E-state index is 0.158. The maximum absolute atomic E-state index is 12.7. The Bertz CT molecular complexity index is 684. The lowest BCUT2D eigenvalue weighted by Crippen LogP contribution is -2.31. The van der Waals surface area contributed by atoms with Crippen LogP contribution in [0.5, 0.6) is 5.75 Å². The van der Waals surface area contributed by atoms with Crippen LogP contribution in [0.4, 0.5) is 0 Å². The molecule has 120 valence electrons. The van der Waals surface area contributed by atoms with Crippen LogP contribution in [-0.2, 0) is 11.2 Å². The zero-order valence-corrected chi connectivity index (χ0v) is 13.9. The smallest absolute Gasteiger partial charge is 0.227 e. The fraction of sp³-hybridized carbons (Fsp3) is 0.316. The van der Waals surface area contributed by atoms with Gasteiger partial charge < -0.3 is 9.64 Å². The van der Waals surface area contributed by atoms with Crippen molar-refractivity contribution in [2.75, 3.05) is 13.7 Å². The molecule has 3 nitrogen and oxygen atoms in total. The van der Waals surface area contributed by atoms with Gasteiger partial charge in [-0.05, 0) is 48.2 Å². The molecule has 0 bridgehead atoms. The minimum absolute atomic E-state index is 0.158. The van der Waals surface area contributed by atoms with Crippen LogP contribution in [0.1, 0.15) is 30.0 Å². The Kier molecular flexibility index (Phi) is 4.87. The molecule has 2 aromatic rings. The Morgan fingerprint density at radius 2 is 2.04 bits per heavy atom. The molecule has 1 amide bonds. The van der Waals surface area contributed by atoms with E-state index in [0.717, 1.165) is 30.7 Å². The predicted octanol–water partition coefficient (Wildman–Crippen LogP) is 4.25. The van der Waals surface area contributed by atoms with Crippen molar-refractivity contribution in [1.29, 1.82) is 0 Å². The molecular formula is C19H20ClNO2. The zero-order chi connectivity index (χ0) is 16.2. The summed E-state index contributed by atoms with van der Waals surface area (Å²) in [6.45, 7) is 0.816. The van der Waals surface area contributed by atoms with Gasteiger partial charge in [0.1, 0.15) is 5.75 Å². The first kappa shape index (κ1) is 15.9. The molecule has 1 fully saturated rings. The summed E-state index contributed by atoms with van der Waals surface area (Å²) in [5.41, 5.74) is 2.13. The average molecular weight is 330 g/mol. The number of hydrogen-bond donors (Lipinski definition) is 0. The van der Waals surface area contributed by atoms with Crippen LogP contribution >= 0.6 is 11.6 Å². The van der Waals surface area contributed by atoms with Gasteiger partial charge in [0, 0.05) is 11.6 Å². The van der Waals surface area contributed by atoms with E-state index in [1.165, 1.54) is 5.56 Å². The molecule has 1 saturated heterocycles. The maximum Gasteiger partial charge on any atom is 0.227 e. The first-order valence-electron chi connectivity index (χ1n) is 7.85. The third-order valence-electron chi connectivity index (χ3n) is 4.32. The quantitative estimate of drug-likeness (QED) is 0.839. The molecule has 0 aromatic heterocycles. The largest absolute Gasteiger partial charge is 0.497 e. The number of hydrogen-bond acceptors (Lipinski definition) is 2. The van der Waals surface area contributed by atoms with E-state index in [4.69, 9.17) is 16.3 Å². The predicted molar refractivity (Wildman–Crippen MR) is 91.8 cm³/mol. The van der Waals surface area contributed by atoms with Crippen molar-refractivity contribution in [3.05, 3.63) is 64.7 Å². The first-order chi connectivity index (χ1) is 11.2. The van der Waals surface area contributed by atoms with Crippen LogP contribution in [0, 0.1) is 0 Å². The lowest BCUT2D eigenvalue weighted by atomic mass is 10.0. The Morgan fingerprint density at radius 3 is 2.74 bits per heavy atom. The van der Waals surface area contributed by atoms with Crippen molar-refractivity contribution < 1.29 is 9.53 Å². The third-order valence-corrected chi connectivity index (χ3v) is 4.55. The summed E-state index contributed by atoms with van der Waals surface area (Å²) in [6.07, 6.45) is 2.44. The maximum atomic E-state index is 12.7. The summed E-state index contributed by atoms with van der Waals surface area (Å²) in [5.74, 6) is 0.995. The second-order valence-electron chi connectivity index (χ2n) is 5.83. The van der Waals surface area contributed by atoms with Crippen LogP contribution in [0.25, 0.3) is 0 Å². The minimum Gasteiger partial charge on any atom is -0.497 e. The van der Waals surface area contributed by atoms with Crippen molar-refractivity contribution in [3.8, 4) is 5.75 Å². The molecule has 4 heteroatoms. The van der Waals surface area contributed by atoms with Crippen molar-refractivity contribution >= 4 is 17.5 Å². The number of amides is 1. The second kappa shape index (κ2) is 7.05. The fourth-order valence-corrected chi connectivity index (χ4v) is 3.37. The molecule has 0 N–H and O–H groups in total. The van der Waals surface area contributed by atoms with Crippen LogP contribution in [0.2, 0.25) is 5.02 Å². The highest BCUT2D eigenvalue weighted by atomic mass is 35.5. The summed E-state index contributed by atoms with van der Waals surface area (Å²) in [7, 11) is 1.66. The van der Waals surface area contributed by atoms with E-state index < -0.39 is 0 Å². The molecule has 3 rings (SSSR count). The van der Waals surface area contributed by atoms with Gasteiger partial charge in [0.25, 0.3) is 0 Å². The monoisotopic (exact) mass is 329 g/mol. The van der Waals surface area contributed by atoms with E-state index in [1.807, 2.05) is 41.3 Å². The van der Waals surface area contributed by atoms with Gasteiger partial charge in [-0.3, -0.25) is 4.79 Å². The summed E-state index contributed by atoms with van der Waals surface area (Å²) < 4.78 is 5.20. The number of likely N-dealkylation sites (tertiary alicyclic amines) is 1. The molecule has 1 heterocycles. The molecule has 0 spiro atoms. The first-order valence-corrected chi connectivity index (χ1v) is 8.23.